The Morgan fingerprint density at radius 2 is 2.10 bits per heavy atom. The lowest BCUT2D eigenvalue weighted by atomic mass is 9.92. The van der Waals surface area contributed by atoms with E-state index in [0.717, 1.165) is 12.0 Å². The third-order valence-electron chi connectivity index (χ3n) is 4.18. The highest BCUT2D eigenvalue weighted by molar-refractivity contribution is 7.93. The van der Waals surface area contributed by atoms with Crippen LogP contribution in [0.15, 0.2) is 24.3 Å². The second-order valence-corrected chi connectivity index (χ2v) is 7.83. The zero-order valence-corrected chi connectivity index (χ0v) is 11.7. The number of allylic oxidation sites excluding steroid dienone is 1. The van der Waals surface area contributed by atoms with Gasteiger partial charge in [-0.25, -0.2) is 12.8 Å². The first kappa shape index (κ1) is 13.3. The maximum absolute atomic E-state index is 14.0. The fourth-order valence-corrected chi connectivity index (χ4v) is 5.35. The number of hydrogen-bond acceptors (Lipinski definition) is 3. The molecule has 1 saturated heterocycles. The van der Waals surface area contributed by atoms with Crippen molar-refractivity contribution in [3.8, 4) is 6.07 Å². The summed E-state index contributed by atoms with van der Waals surface area (Å²) in [5.41, 5.74) is 1.49. The summed E-state index contributed by atoms with van der Waals surface area (Å²) in [5, 5.41) is 8.02. The van der Waals surface area contributed by atoms with Gasteiger partial charge in [0.25, 0.3) is 0 Å². The number of sulfone groups is 1. The normalized spacial score (nSPS) is 27.5. The summed E-state index contributed by atoms with van der Waals surface area (Å²) < 4.78 is 38.3. The van der Waals surface area contributed by atoms with Gasteiger partial charge in [0, 0.05) is 5.56 Å². The lowest BCUT2D eigenvalue weighted by Crippen LogP contribution is -2.38. The Balaban J connectivity index is 2.09. The van der Waals surface area contributed by atoms with Gasteiger partial charge in [-0.05, 0) is 43.0 Å². The molecule has 2 bridgehead atoms. The van der Waals surface area contributed by atoms with E-state index in [9.17, 15) is 12.8 Å². The van der Waals surface area contributed by atoms with Crippen LogP contribution in [-0.2, 0) is 9.84 Å². The average Bonchev–Trinajstić information content (AvgIpc) is 2.38. The molecule has 2 aliphatic rings. The Kier molecular flexibility index (Phi) is 3.14. The monoisotopic (exact) mass is 291 g/mol. The molecule has 3 rings (SSSR count). The molecule has 0 amide bonds. The molecule has 104 valence electrons. The van der Waals surface area contributed by atoms with Crippen LogP contribution in [0.1, 0.15) is 36.8 Å². The molecule has 2 heterocycles. The lowest BCUT2D eigenvalue weighted by molar-refractivity contribution is 0.517. The molecule has 2 unspecified atom stereocenters. The molecule has 3 nitrogen and oxygen atoms in total. The highest BCUT2D eigenvalue weighted by Gasteiger charge is 2.40. The molecule has 5 heteroatoms. The van der Waals surface area contributed by atoms with E-state index in [1.807, 2.05) is 6.07 Å². The molecule has 0 saturated carbocycles. The SMILES string of the molecule is N#Cc1ccc(F)c(C2=CC3CCCC(C2)S3(=O)=O)c1. The summed E-state index contributed by atoms with van der Waals surface area (Å²) in [6, 6.07) is 6.20. The largest absolute Gasteiger partial charge is 0.228 e. The molecular formula is C15H14FNO2S. The minimum atomic E-state index is -3.10. The fraction of sp³-hybridized carbons (Fsp3) is 0.400. The van der Waals surface area contributed by atoms with Crippen LogP contribution in [0.3, 0.4) is 0 Å². The maximum Gasteiger partial charge on any atom is 0.159 e. The fourth-order valence-electron chi connectivity index (χ4n) is 3.10. The van der Waals surface area contributed by atoms with Crippen molar-refractivity contribution in [1.82, 2.24) is 0 Å². The number of hydrogen-bond donors (Lipinski definition) is 0. The van der Waals surface area contributed by atoms with Crippen LogP contribution < -0.4 is 0 Å². The Morgan fingerprint density at radius 1 is 1.30 bits per heavy atom. The van der Waals surface area contributed by atoms with Gasteiger partial charge in [0.1, 0.15) is 5.82 Å². The Morgan fingerprint density at radius 3 is 2.80 bits per heavy atom. The summed E-state index contributed by atoms with van der Waals surface area (Å²) in [6.45, 7) is 0. The molecule has 0 radical (unpaired) electrons. The molecule has 0 spiro atoms. The molecule has 0 aliphatic carbocycles. The van der Waals surface area contributed by atoms with Crippen LogP contribution in [0.5, 0.6) is 0 Å². The zero-order valence-electron chi connectivity index (χ0n) is 10.8. The van der Waals surface area contributed by atoms with Crippen LogP contribution in [0, 0.1) is 17.1 Å². The Labute approximate surface area is 117 Å². The van der Waals surface area contributed by atoms with Gasteiger partial charge in [0.2, 0.25) is 0 Å². The van der Waals surface area contributed by atoms with Gasteiger partial charge >= 0.3 is 0 Å². The summed E-state index contributed by atoms with van der Waals surface area (Å²) >= 11 is 0. The molecule has 0 aromatic heterocycles. The number of halogens is 1. The maximum atomic E-state index is 14.0. The van der Waals surface area contributed by atoms with E-state index in [2.05, 4.69) is 0 Å². The standard InChI is InChI=1S/C15H14FNO2S/c16-15-5-4-10(9-17)6-14(15)11-7-12-2-1-3-13(8-11)20(12,18)19/h4-7,12-13H,1-3,8H2. The summed E-state index contributed by atoms with van der Waals surface area (Å²) in [6.07, 6.45) is 4.20. The predicted octanol–water partition coefficient (Wildman–Crippen LogP) is 2.82. The first-order valence-corrected chi connectivity index (χ1v) is 8.27. The number of nitriles is 1. The number of benzene rings is 1. The zero-order chi connectivity index (χ0) is 14.3. The highest BCUT2D eigenvalue weighted by Crippen LogP contribution is 2.39. The van der Waals surface area contributed by atoms with Crippen molar-refractivity contribution in [3.63, 3.8) is 0 Å². The van der Waals surface area contributed by atoms with E-state index < -0.39 is 26.2 Å². The quantitative estimate of drug-likeness (QED) is 0.799. The second kappa shape index (κ2) is 4.71. The summed E-state index contributed by atoms with van der Waals surface area (Å²) in [4.78, 5) is 0. The number of fused-ring (bicyclic) bond motifs is 2. The first-order valence-electron chi connectivity index (χ1n) is 6.66. The topological polar surface area (TPSA) is 57.9 Å². The summed E-state index contributed by atoms with van der Waals surface area (Å²) in [7, 11) is -3.10. The predicted molar refractivity (Wildman–Crippen MR) is 74.1 cm³/mol. The summed E-state index contributed by atoms with van der Waals surface area (Å²) in [5.74, 6) is -0.396. The molecule has 2 aliphatic heterocycles. The van der Waals surface area contributed by atoms with Gasteiger partial charge in [-0.3, -0.25) is 0 Å². The van der Waals surface area contributed by atoms with E-state index in [4.69, 9.17) is 5.26 Å². The van der Waals surface area contributed by atoms with Crippen LogP contribution in [0.2, 0.25) is 0 Å². The third-order valence-corrected chi connectivity index (χ3v) is 6.72. The highest BCUT2D eigenvalue weighted by atomic mass is 32.2. The van der Waals surface area contributed by atoms with Gasteiger partial charge < -0.3 is 0 Å². The van der Waals surface area contributed by atoms with Crippen LogP contribution in [0.4, 0.5) is 4.39 Å². The number of rotatable bonds is 1. The average molecular weight is 291 g/mol. The third kappa shape index (κ3) is 2.04. The van der Waals surface area contributed by atoms with E-state index in [1.54, 1.807) is 6.08 Å². The Hall–Kier alpha value is -1.67. The van der Waals surface area contributed by atoms with Gasteiger partial charge in [0.05, 0.1) is 22.1 Å². The van der Waals surface area contributed by atoms with E-state index in [0.29, 0.717) is 30.4 Å². The lowest BCUT2D eigenvalue weighted by Gasteiger charge is -2.33. The number of nitrogens with zero attached hydrogens (tertiary/aromatic N) is 1. The van der Waals surface area contributed by atoms with Crippen LogP contribution in [-0.4, -0.2) is 18.9 Å². The minimum Gasteiger partial charge on any atom is -0.228 e. The molecule has 2 atom stereocenters. The molecule has 20 heavy (non-hydrogen) atoms. The molecule has 1 fully saturated rings. The van der Waals surface area contributed by atoms with Gasteiger partial charge in [0.15, 0.2) is 9.84 Å². The van der Waals surface area contributed by atoms with E-state index in [-0.39, 0.29) is 0 Å². The van der Waals surface area contributed by atoms with Crippen LogP contribution >= 0.6 is 0 Å². The van der Waals surface area contributed by atoms with E-state index >= 15 is 0 Å². The molecule has 1 aromatic carbocycles. The van der Waals surface area contributed by atoms with Crippen molar-refractivity contribution in [1.29, 1.82) is 5.26 Å². The minimum absolute atomic E-state index is 0.352. The smallest absolute Gasteiger partial charge is 0.159 e. The molecule has 0 N–H and O–H groups in total. The molecule has 1 aromatic rings. The van der Waals surface area contributed by atoms with Gasteiger partial charge in [-0.1, -0.05) is 12.5 Å². The van der Waals surface area contributed by atoms with Crippen molar-refractivity contribution in [2.75, 3.05) is 0 Å². The van der Waals surface area contributed by atoms with Crippen LogP contribution in [0.25, 0.3) is 5.57 Å². The van der Waals surface area contributed by atoms with Crippen molar-refractivity contribution in [2.45, 2.75) is 36.2 Å². The van der Waals surface area contributed by atoms with Crippen molar-refractivity contribution in [3.05, 3.63) is 41.2 Å². The van der Waals surface area contributed by atoms with Crippen molar-refractivity contribution >= 4 is 15.4 Å². The first-order chi connectivity index (χ1) is 9.52. The molecular weight excluding hydrogens is 277 g/mol. The second-order valence-electron chi connectivity index (χ2n) is 5.38. The Bertz CT molecular complexity index is 731. The van der Waals surface area contributed by atoms with Gasteiger partial charge in [-0.2, -0.15) is 5.26 Å². The van der Waals surface area contributed by atoms with Crippen molar-refractivity contribution in [2.24, 2.45) is 0 Å². The van der Waals surface area contributed by atoms with E-state index in [1.165, 1.54) is 18.2 Å². The van der Waals surface area contributed by atoms with Crippen molar-refractivity contribution < 1.29 is 12.8 Å². The van der Waals surface area contributed by atoms with Gasteiger partial charge in [-0.15, -0.1) is 0 Å².